The van der Waals surface area contributed by atoms with Gasteiger partial charge in [0.15, 0.2) is 11.7 Å². The molecule has 1 fully saturated rings. The summed E-state index contributed by atoms with van der Waals surface area (Å²) in [4.78, 5) is 22.1. The van der Waals surface area contributed by atoms with Crippen LogP contribution in [0.25, 0.3) is 6.08 Å². The molecule has 1 aliphatic rings. The van der Waals surface area contributed by atoms with Crippen LogP contribution in [-0.4, -0.2) is 78.3 Å². The van der Waals surface area contributed by atoms with Gasteiger partial charge in [-0.25, -0.2) is 4.98 Å². The van der Waals surface area contributed by atoms with E-state index in [1.54, 1.807) is 25.0 Å². The molecule has 13 heteroatoms. The number of aliphatic hydroxyl groups is 1. The first-order valence-corrected chi connectivity index (χ1v) is 11.3. The van der Waals surface area contributed by atoms with Crippen molar-refractivity contribution < 1.29 is 27.5 Å². The number of aryl methyl sites for hydroxylation is 2. The molecule has 1 N–H and O–H groups in total. The topological polar surface area (TPSA) is 113 Å². The summed E-state index contributed by atoms with van der Waals surface area (Å²) in [5.74, 6) is 0.619. The molecule has 0 spiro atoms. The Morgan fingerprint density at radius 2 is 2.06 bits per heavy atom. The second-order valence-corrected chi connectivity index (χ2v) is 8.57. The van der Waals surface area contributed by atoms with Gasteiger partial charge in [-0.1, -0.05) is 6.07 Å². The lowest BCUT2D eigenvalue weighted by atomic mass is 10.0. The number of tetrazole rings is 1. The van der Waals surface area contributed by atoms with Crippen molar-refractivity contribution in [3.8, 4) is 0 Å². The van der Waals surface area contributed by atoms with E-state index >= 15 is 0 Å². The maximum absolute atomic E-state index is 13.3. The van der Waals surface area contributed by atoms with Crippen molar-refractivity contribution in [2.24, 2.45) is 0 Å². The van der Waals surface area contributed by atoms with Gasteiger partial charge in [0.1, 0.15) is 6.26 Å². The lowest BCUT2D eigenvalue weighted by Crippen LogP contribution is -2.56. The average Bonchev–Trinajstić information content (AvgIpc) is 3.44. The predicted molar refractivity (Wildman–Crippen MR) is 121 cm³/mol. The van der Waals surface area contributed by atoms with E-state index in [0.717, 1.165) is 17.8 Å². The largest absolute Gasteiger partial charge is 0.449 e. The molecule has 1 aromatic carbocycles. The maximum Gasteiger partial charge on any atom is 0.416 e. The van der Waals surface area contributed by atoms with Crippen molar-refractivity contribution in [2.75, 3.05) is 26.2 Å². The fraction of sp³-hybridized carbons (Fsp3) is 0.435. The van der Waals surface area contributed by atoms with Crippen molar-refractivity contribution in [3.63, 3.8) is 0 Å². The predicted octanol–water partition coefficient (Wildman–Crippen LogP) is 2.06. The zero-order valence-electron chi connectivity index (χ0n) is 19.8. The number of oxazole rings is 1. The van der Waals surface area contributed by atoms with Crippen LogP contribution in [0.2, 0.25) is 0 Å². The average molecular weight is 506 g/mol. The van der Waals surface area contributed by atoms with E-state index in [1.807, 2.05) is 0 Å². The Morgan fingerprint density at radius 1 is 1.25 bits per heavy atom. The fourth-order valence-electron chi connectivity index (χ4n) is 4.10. The van der Waals surface area contributed by atoms with Crippen LogP contribution in [0.15, 0.2) is 35.0 Å². The Bertz CT molecular complexity index is 1240. The van der Waals surface area contributed by atoms with E-state index in [9.17, 15) is 23.1 Å². The maximum atomic E-state index is 13.3. The zero-order chi connectivity index (χ0) is 25.9. The van der Waals surface area contributed by atoms with E-state index in [-0.39, 0.29) is 24.6 Å². The first-order valence-electron chi connectivity index (χ1n) is 11.3. The van der Waals surface area contributed by atoms with Crippen LogP contribution < -0.4 is 0 Å². The molecule has 3 aromatic rings. The molecule has 0 aliphatic carbocycles. The highest BCUT2D eigenvalue weighted by molar-refractivity contribution is 5.92. The molecule has 0 saturated carbocycles. The number of rotatable bonds is 7. The second-order valence-electron chi connectivity index (χ2n) is 8.57. The molecule has 1 aliphatic heterocycles. The van der Waals surface area contributed by atoms with Gasteiger partial charge in [0.2, 0.25) is 5.91 Å². The van der Waals surface area contributed by atoms with Crippen LogP contribution in [0.3, 0.4) is 0 Å². The van der Waals surface area contributed by atoms with Gasteiger partial charge in [-0.05, 0) is 41.5 Å². The number of amides is 1. The molecule has 0 radical (unpaired) electrons. The summed E-state index contributed by atoms with van der Waals surface area (Å²) < 4.78 is 45.1. The SMILES string of the molecule is Cc1nnn(Cc2cc(C(F)(F)F)ccc2/C=C/C(=O)N2CCN(Cc3coc(C)n3)CC2CO)n1. The van der Waals surface area contributed by atoms with Gasteiger partial charge in [-0.15, -0.1) is 10.2 Å². The van der Waals surface area contributed by atoms with Gasteiger partial charge in [0, 0.05) is 39.2 Å². The Morgan fingerprint density at radius 3 is 2.69 bits per heavy atom. The van der Waals surface area contributed by atoms with Crippen molar-refractivity contribution in [2.45, 2.75) is 39.2 Å². The van der Waals surface area contributed by atoms with Crippen molar-refractivity contribution >= 4 is 12.0 Å². The highest BCUT2D eigenvalue weighted by Gasteiger charge is 2.31. The van der Waals surface area contributed by atoms with Gasteiger partial charge in [0.25, 0.3) is 0 Å². The first-order chi connectivity index (χ1) is 17.1. The van der Waals surface area contributed by atoms with Gasteiger partial charge in [-0.2, -0.15) is 18.0 Å². The number of nitrogens with zero attached hydrogens (tertiary/aromatic N) is 7. The van der Waals surface area contributed by atoms with Gasteiger partial charge in [-0.3, -0.25) is 9.69 Å². The summed E-state index contributed by atoms with van der Waals surface area (Å²) in [6, 6.07) is 2.86. The van der Waals surface area contributed by atoms with Crippen molar-refractivity contribution in [1.29, 1.82) is 0 Å². The minimum Gasteiger partial charge on any atom is -0.449 e. The van der Waals surface area contributed by atoms with Gasteiger partial charge < -0.3 is 14.4 Å². The number of carbonyl (C=O) groups is 1. The van der Waals surface area contributed by atoms with Crippen LogP contribution in [-0.2, 0) is 24.1 Å². The van der Waals surface area contributed by atoms with Crippen LogP contribution in [0, 0.1) is 13.8 Å². The normalized spacial score (nSPS) is 17.3. The summed E-state index contributed by atoms with van der Waals surface area (Å²) >= 11 is 0. The first kappa shape index (κ1) is 25.5. The smallest absolute Gasteiger partial charge is 0.416 e. The molecule has 0 bridgehead atoms. The van der Waals surface area contributed by atoms with E-state index in [0.29, 0.717) is 43.5 Å². The van der Waals surface area contributed by atoms with E-state index in [1.165, 1.54) is 23.0 Å². The highest BCUT2D eigenvalue weighted by Crippen LogP contribution is 2.31. The molecule has 1 amide bonds. The number of hydrogen-bond acceptors (Lipinski definition) is 8. The number of piperazine rings is 1. The molecule has 192 valence electrons. The lowest BCUT2D eigenvalue weighted by Gasteiger charge is -2.40. The minimum atomic E-state index is -4.52. The summed E-state index contributed by atoms with van der Waals surface area (Å²) in [6.45, 7) is 5.06. The molecule has 1 saturated heterocycles. The lowest BCUT2D eigenvalue weighted by molar-refractivity contribution is -0.137. The highest BCUT2D eigenvalue weighted by atomic mass is 19.4. The van der Waals surface area contributed by atoms with Crippen LogP contribution in [0.4, 0.5) is 13.2 Å². The summed E-state index contributed by atoms with van der Waals surface area (Å²) in [7, 11) is 0. The molecular formula is C23H26F3N7O3. The molecule has 3 heterocycles. The summed E-state index contributed by atoms with van der Waals surface area (Å²) in [5.41, 5.74) is 0.678. The quantitative estimate of drug-likeness (QED) is 0.486. The Balaban J connectivity index is 1.48. The Kier molecular flexibility index (Phi) is 7.50. The molecule has 10 nitrogen and oxygen atoms in total. The number of carbonyl (C=O) groups excluding carboxylic acids is 1. The molecule has 2 aromatic heterocycles. The Hall–Kier alpha value is -3.58. The van der Waals surface area contributed by atoms with Crippen LogP contribution >= 0.6 is 0 Å². The van der Waals surface area contributed by atoms with E-state index in [4.69, 9.17) is 4.42 Å². The van der Waals surface area contributed by atoms with Crippen LogP contribution in [0.1, 0.15) is 34.1 Å². The molecule has 1 atom stereocenters. The minimum absolute atomic E-state index is 0.0436. The van der Waals surface area contributed by atoms with E-state index in [2.05, 4.69) is 25.3 Å². The standard InChI is InChI=1S/C23H26F3N7O3/c1-15-28-30-33(29-15)10-18-9-19(23(24,25)26)5-3-17(18)4-6-22(35)32-8-7-31(12-21(32)13-34)11-20-14-36-16(2)27-20/h3-6,9,14,21,34H,7-8,10-13H2,1-2H3/b6-4+. The Labute approximate surface area is 205 Å². The zero-order valence-corrected chi connectivity index (χ0v) is 19.8. The fourth-order valence-corrected chi connectivity index (χ4v) is 4.10. The third-order valence-corrected chi connectivity index (χ3v) is 5.85. The van der Waals surface area contributed by atoms with Crippen molar-refractivity contribution in [3.05, 3.63) is 64.6 Å². The van der Waals surface area contributed by atoms with E-state index < -0.39 is 17.8 Å². The summed E-state index contributed by atoms with van der Waals surface area (Å²) in [5, 5.41) is 21.5. The van der Waals surface area contributed by atoms with Crippen LogP contribution in [0.5, 0.6) is 0 Å². The number of benzene rings is 1. The van der Waals surface area contributed by atoms with Crippen molar-refractivity contribution in [1.82, 2.24) is 35.0 Å². The number of halogens is 3. The monoisotopic (exact) mass is 505 g/mol. The molecule has 36 heavy (non-hydrogen) atoms. The third kappa shape index (κ3) is 6.15. The number of aromatic nitrogens is 5. The summed E-state index contributed by atoms with van der Waals surface area (Å²) in [6.07, 6.45) is -0.148. The second kappa shape index (κ2) is 10.6. The molecular weight excluding hydrogens is 479 g/mol. The number of hydrogen-bond donors (Lipinski definition) is 1. The number of alkyl halides is 3. The van der Waals surface area contributed by atoms with Gasteiger partial charge in [0.05, 0.1) is 30.5 Å². The molecule has 4 rings (SSSR count). The number of aliphatic hydroxyl groups excluding tert-OH is 1. The van der Waals surface area contributed by atoms with Gasteiger partial charge >= 0.3 is 6.18 Å². The third-order valence-electron chi connectivity index (χ3n) is 5.85. The molecule has 1 unspecified atom stereocenters.